The van der Waals surface area contributed by atoms with Crippen LogP contribution in [0, 0.1) is 0 Å². The Hall–Kier alpha value is -4.62. The van der Waals surface area contributed by atoms with Crippen LogP contribution < -0.4 is 0 Å². The van der Waals surface area contributed by atoms with Gasteiger partial charge in [-0.1, -0.05) is 188 Å². The predicted octanol–water partition coefficient (Wildman–Crippen LogP) is 13.9. The highest BCUT2D eigenvalue weighted by molar-refractivity contribution is 5.74. The van der Waals surface area contributed by atoms with Gasteiger partial charge in [-0.3, -0.25) is 14.4 Å². The summed E-state index contributed by atoms with van der Waals surface area (Å²) in [6.45, 7) is 5.69. The molecule has 0 aromatic rings. The average Bonchev–Trinajstić information content (AvgIpc) is 3.37. The van der Waals surface area contributed by atoms with Crippen LogP contribution in [0.3, 0.4) is 0 Å². The SMILES string of the molecule is CC/C=C\C/C=C\C/C=C\C/C=C\C/C=C\C/C=C\CCC(=O)OC1C(OCC(COC(=O)CCCCCCC/C=C\C/C=C\CCC)OC(=O)CCCCCCC/C=C\CCCC)OC(C(=O)O)C(O)C1O. The fourth-order valence-corrected chi connectivity index (χ4v) is 7.53. The van der Waals surface area contributed by atoms with Crippen LogP contribution in [-0.2, 0) is 42.9 Å². The Kier molecular flexibility index (Phi) is 44.0. The van der Waals surface area contributed by atoms with E-state index in [1.54, 1.807) is 0 Å². The number of hydrogen-bond acceptors (Lipinski definition) is 11. The summed E-state index contributed by atoms with van der Waals surface area (Å²) in [6, 6.07) is 0. The average molecular weight is 1020 g/mol. The third-order valence-corrected chi connectivity index (χ3v) is 11.8. The lowest BCUT2D eigenvalue weighted by Gasteiger charge is -2.40. The fourth-order valence-electron chi connectivity index (χ4n) is 7.53. The van der Waals surface area contributed by atoms with Crippen LogP contribution in [0.2, 0.25) is 0 Å². The Morgan fingerprint density at radius 2 is 0.918 bits per heavy atom. The molecule has 73 heavy (non-hydrogen) atoms. The molecule has 0 amide bonds. The number of hydrogen-bond donors (Lipinski definition) is 3. The van der Waals surface area contributed by atoms with E-state index >= 15 is 0 Å². The highest BCUT2D eigenvalue weighted by Crippen LogP contribution is 2.26. The van der Waals surface area contributed by atoms with Gasteiger partial charge in [0.1, 0.15) is 18.8 Å². The molecule has 1 heterocycles. The van der Waals surface area contributed by atoms with Crippen molar-refractivity contribution in [1.82, 2.24) is 0 Å². The molecule has 412 valence electrons. The van der Waals surface area contributed by atoms with Crippen LogP contribution in [-0.4, -0.2) is 89.2 Å². The maximum atomic E-state index is 13.1. The minimum absolute atomic E-state index is 0.0720. The van der Waals surface area contributed by atoms with Gasteiger partial charge in [0.05, 0.1) is 6.61 Å². The van der Waals surface area contributed by atoms with Gasteiger partial charge in [0.2, 0.25) is 0 Å². The number of carbonyl (C=O) groups excluding carboxylic acids is 3. The summed E-state index contributed by atoms with van der Waals surface area (Å²) in [7, 11) is 0. The van der Waals surface area contributed by atoms with Gasteiger partial charge in [0.25, 0.3) is 0 Å². The zero-order valence-corrected chi connectivity index (χ0v) is 45.1. The standard InChI is InChI=1S/C61H96O12/c1-4-7-10-13-16-19-22-24-25-26-27-28-29-31-34-37-40-43-46-49-55(64)72-59-57(66)56(65)58(60(67)68)73-61(59)70-51-52(71-54(63)48-45-42-39-36-32-21-18-15-12-9-6-3)50-69-53(62)47-44-41-38-35-33-30-23-20-17-14-11-8-5-2/h7,10-11,14-16,18-20,23-25,27-28,31,34,40,43,52,56-59,61,65-66H,4-6,8-9,12-13,17,21-22,26,29-30,32-33,35-39,41-42,44-51H2,1-3H3,(H,67,68)/b10-7-,14-11-,18-15-,19-16-,23-20-,25-24-,28-27-,34-31-,43-40-. The number of unbranched alkanes of at least 4 members (excludes halogenated alkanes) is 13. The number of carboxylic acid groups (broad SMARTS) is 1. The third-order valence-electron chi connectivity index (χ3n) is 11.8. The summed E-state index contributed by atoms with van der Waals surface area (Å²) in [5, 5.41) is 31.4. The molecule has 1 saturated heterocycles. The Morgan fingerprint density at radius 3 is 1.44 bits per heavy atom. The second-order valence-electron chi connectivity index (χ2n) is 18.5. The van der Waals surface area contributed by atoms with Gasteiger partial charge >= 0.3 is 23.9 Å². The number of carboxylic acids is 1. The molecule has 0 radical (unpaired) electrons. The van der Waals surface area contributed by atoms with Crippen LogP contribution in [0.25, 0.3) is 0 Å². The van der Waals surface area contributed by atoms with E-state index in [2.05, 4.69) is 112 Å². The lowest BCUT2D eigenvalue weighted by Crippen LogP contribution is -2.61. The molecular weight excluding hydrogens is 925 g/mol. The Bertz CT molecular complexity index is 1690. The summed E-state index contributed by atoms with van der Waals surface area (Å²) >= 11 is 0. The molecule has 0 aromatic carbocycles. The van der Waals surface area contributed by atoms with E-state index in [4.69, 9.17) is 23.7 Å². The first-order valence-corrected chi connectivity index (χ1v) is 27.9. The zero-order chi connectivity index (χ0) is 53.3. The Labute approximate surface area is 440 Å². The van der Waals surface area contributed by atoms with E-state index in [0.717, 1.165) is 122 Å². The third kappa shape index (κ3) is 38.6. The van der Waals surface area contributed by atoms with Crippen molar-refractivity contribution in [3.05, 3.63) is 109 Å². The summed E-state index contributed by atoms with van der Waals surface area (Å²) < 4.78 is 28.2. The number of aliphatic hydroxyl groups is 2. The minimum atomic E-state index is -1.94. The summed E-state index contributed by atoms with van der Waals surface area (Å²) in [5.41, 5.74) is 0. The van der Waals surface area contributed by atoms with Crippen LogP contribution in [0.1, 0.15) is 201 Å². The summed E-state index contributed by atoms with van der Waals surface area (Å²) in [6.07, 6.45) is 52.2. The molecule has 1 aliphatic rings. The molecule has 1 fully saturated rings. The van der Waals surface area contributed by atoms with Gasteiger partial charge in [-0.25, -0.2) is 4.79 Å². The number of aliphatic hydroxyl groups excluding tert-OH is 2. The summed E-state index contributed by atoms with van der Waals surface area (Å²) in [5.74, 6) is -3.28. The molecule has 0 aromatic heterocycles. The smallest absolute Gasteiger partial charge is 0.335 e. The van der Waals surface area contributed by atoms with Gasteiger partial charge in [-0.05, 0) is 103 Å². The summed E-state index contributed by atoms with van der Waals surface area (Å²) in [4.78, 5) is 50.9. The molecule has 0 aliphatic carbocycles. The minimum Gasteiger partial charge on any atom is -0.479 e. The number of esters is 3. The van der Waals surface area contributed by atoms with Crippen LogP contribution in [0.15, 0.2) is 109 Å². The molecule has 0 bridgehead atoms. The molecule has 6 atom stereocenters. The number of ether oxygens (including phenoxy) is 5. The van der Waals surface area contributed by atoms with Gasteiger partial charge in [-0.15, -0.1) is 0 Å². The van der Waals surface area contributed by atoms with Crippen molar-refractivity contribution in [2.24, 2.45) is 0 Å². The van der Waals surface area contributed by atoms with Crippen LogP contribution >= 0.6 is 0 Å². The molecule has 0 saturated carbocycles. The Balaban J connectivity index is 2.76. The van der Waals surface area contributed by atoms with Crippen molar-refractivity contribution in [2.75, 3.05) is 13.2 Å². The van der Waals surface area contributed by atoms with E-state index < -0.39 is 67.3 Å². The number of rotatable bonds is 45. The zero-order valence-electron chi connectivity index (χ0n) is 45.1. The van der Waals surface area contributed by atoms with Crippen molar-refractivity contribution >= 4 is 23.9 Å². The first kappa shape index (κ1) is 66.4. The lowest BCUT2D eigenvalue weighted by atomic mass is 9.98. The maximum Gasteiger partial charge on any atom is 0.335 e. The van der Waals surface area contributed by atoms with Crippen molar-refractivity contribution in [3.8, 4) is 0 Å². The van der Waals surface area contributed by atoms with E-state index in [9.17, 15) is 34.5 Å². The second kappa shape index (κ2) is 48.3. The topological polar surface area (TPSA) is 175 Å². The highest BCUT2D eigenvalue weighted by Gasteiger charge is 2.50. The fraction of sp³-hybridized carbons (Fsp3) is 0.639. The van der Waals surface area contributed by atoms with E-state index in [0.29, 0.717) is 25.7 Å². The number of allylic oxidation sites excluding steroid dienone is 18. The molecule has 12 heteroatoms. The van der Waals surface area contributed by atoms with E-state index in [1.807, 2.05) is 18.2 Å². The van der Waals surface area contributed by atoms with Gasteiger partial charge in [0.15, 0.2) is 24.6 Å². The maximum absolute atomic E-state index is 13.1. The monoisotopic (exact) mass is 1020 g/mol. The van der Waals surface area contributed by atoms with Crippen molar-refractivity contribution < 1.29 is 58.2 Å². The molecule has 1 rings (SSSR count). The number of aliphatic carboxylic acids is 1. The number of carbonyl (C=O) groups is 4. The van der Waals surface area contributed by atoms with Crippen LogP contribution in [0.4, 0.5) is 0 Å². The molecule has 3 N–H and O–H groups in total. The Morgan fingerprint density at radius 1 is 0.466 bits per heavy atom. The van der Waals surface area contributed by atoms with E-state index in [-0.39, 0.29) is 25.9 Å². The molecule has 6 unspecified atom stereocenters. The molecule has 0 spiro atoms. The van der Waals surface area contributed by atoms with E-state index in [1.165, 1.54) is 12.8 Å². The van der Waals surface area contributed by atoms with Crippen molar-refractivity contribution in [2.45, 2.75) is 237 Å². The van der Waals surface area contributed by atoms with Crippen LogP contribution in [0.5, 0.6) is 0 Å². The quantitative estimate of drug-likeness (QED) is 0.0228. The second-order valence-corrected chi connectivity index (χ2v) is 18.5. The molecule has 12 nitrogen and oxygen atoms in total. The predicted molar refractivity (Wildman–Crippen MR) is 294 cm³/mol. The molecular formula is C61H96O12. The van der Waals surface area contributed by atoms with Gasteiger partial charge in [-0.2, -0.15) is 0 Å². The highest BCUT2D eigenvalue weighted by atomic mass is 16.7. The normalized spacial score (nSPS) is 19.2. The van der Waals surface area contributed by atoms with Crippen molar-refractivity contribution in [1.29, 1.82) is 0 Å². The van der Waals surface area contributed by atoms with Crippen molar-refractivity contribution in [3.63, 3.8) is 0 Å². The van der Waals surface area contributed by atoms with Gasteiger partial charge in [0, 0.05) is 19.3 Å². The van der Waals surface area contributed by atoms with Gasteiger partial charge < -0.3 is 39.0 Å². The largest absolute Gasteiger partial charge is 0.479 e. The molecule has 1 aliphatic heterocycles. The lowest BCUT2D eigenvalue weighted by molar-refractivity contribution is -0.301. The first-order chi connectivity index (χ1) is 35.6. The first-order valence-electron chi connectivity index (χ1n) is 27.9.